The van der Waals surface area contributed by atoms with Crippen LogP contribution in [0.2, 0.25) is 0 Å². The standard InChI is InChI=1S/C20H18N4O2/c25-20-17-13-21-18-7-6-15(23-8-10-26-11-9-23)12-16(18)19(17)22-24(20)14-4-2-1-3-5-14/h1-7,12-13,22H,8-11H2. The lowest BCUT2D eigenvalue weighted by Gasteiger charge is -2.29. The molecular weight excluding hydrogens is 328 g/mol. The molecule has 1 N–H and O–H groups in total. The summed E-state index contributed by atoms with van der Waals surface area (Å²) in [5.41, 5.74) is 3.54. The molecule has 0 amide bonds. The van der Waals surface area contributed by atoms with Crippen LogP contribution in [0.25, 0.3) is 27.5 Å². The molecule has 2 aromatic heterocycles. The summed E-state index contributed by atoms with van der Waals surface area (Å²) in [5.74, 6) is 0. The molecule has 6 nitrogen and oxygen atoms in total. The molecule has 0 atom stereocenters. The number of benzene rings is 2. The van der Waals surface area contributed by atoms with Crippen molar-refractivity contribution in [2.75, 3.05) is 31.2 Å². The van der Waals surface area contributed by atoms with Gasteiger partial charge in [0.05, 0.1) is 35.3 Å². The van der Waals surface area contributed by atoms with Crippen LogP contribution in [0.4, 0.5) is 5.69 Å². The SMILES string of the molecule is O=c1c2cnc3ccc(N4CCOCC4)cc3c2[nH]n1-c1ccccc1. The molecular formula is C20H18N4O2. The molecule has 1 aliphatic heterocycles. The third-order valence-electron chi connectivity index (χ3n) is 4.90. The van der Waals surface area contributed by atoms with Crippen molar-refractivity contribution in [1.29, 1.82) is 0 Å². The van der Waals surface area contributed by atoms with Crippen molar-refractivity contribution in [2.24, 2.45) is 0 Å². The molecule has 0 aliphatic carbocycles. The highest BCUT2D eigenvalue weighted by Crippen LogP contribution is 2.26. The van der Waals surface area contributed by atoms with Crippen molar-refractivity contribution >= 4 is 27.5 Å². The van der Waals surface area contributed by atoms with E-state index in [9.17, 15) is 4.79 Å². The Labute approximate surface area is 149 Å². The minimum absolute atomic E-state index is 0.0858. The minimum Gasteiger partial charge on any atom is -0.378 e. The lowest BCUT2D eigenvalue weighted by atomic mass is 10.1. The van der Waals surface area contributed by atoms with Gasteiger partial charge in [0.1, 0.15) is 0 Å². The van der Waals surface area contributed by atoms with E-state index >= 15 is 0 Å². The van der Waals surface area contributed by atoms with Crippen LogP contribution in [-0.2, 0) is 4.74 Å². The molecule has 6 heteroatoms. The number of aromatic nitrogens is 3. The van der Waals surface area contributed by atoms with Crippen molar-refractivity contribution in [1.82, 2.24) is 14.8 Å². The van der Waals surface area contributed by atoms with Crippen LogP contribution < -0.4 is 10.5 Å². The van der Waals surface area contributed by atoms with Crippen LogP contribution in [0.5, 0.6) is 0 Å². The average molecular weight is 346 g/mol. The molecule has 0 unspecified atom stereocenters. The van der Waals surface area contributed by atoms with Crippen LogP contribution in [0.15, 0.2) is 59.5 Å². The largest absolute Gasteiger partial charge is 0.378 e. The smallest absolute Gasteiger partial charge is 0.280 e. The maximum Gasteiger partial charge on any atom is 0.280 e. The van der Waals surface area contributed by atoms with Crippen molar-refractivity contribution in [3.8, 4) is 5.69 Å². The van der Waals surface area contributed by atoms with Gasteiger partial charge < -0.3 is 9.64 Å². The summed E-state index contributed by atoms with van der Waals surface area (Å²) in [6.07, 6.45) is 1.66. The molecule has 0 radical (unpaired) electrons. The Hall–Kier alpha value is -3.12. The van der Waals surface area contributed by atoms with Gasteiger partial charge in [-0.2, -0.15) is 0 Å². The van der Waals surface area contributed by atoms with E-state index in [0.29, 0.717) is 5.39 Å². The molecule has 1 aliphatic rings. The van der Waals surface area contributed by atoms with Gasteiger partial charge in [0.2, 0.25) is 0 Å². The van der Waals surface area contributed by atoms with Gasteiger partial charge >= 0.3 is 0 Å². The Morgan fingerprint density at radius 2 is 1.77 bits per heavy atom. The number of anilines is 1. The summed E-state index contributed by atoms with van der Waals surface area (Å²) in [4.78, 5) is 19.6. The van der Waals surface area contributed by atoms with Crippen LogP contribution >= 0.6 is 0 Å². The van der Waals surface area contributed by atoms with Gasteiger partial charge in [-0.25, -0.2) is 4.68 Å². The number of ether oxygens (including phenoxy) is 1. The zero-order valence-corrected chi connectivity index (χ0v) is 14.2. The molecule has 3 heterocycles. The van der Waals surface area contributed by atoms with Gasteiger partial charge in [-0.3, -0.25) is 14.9 Å². The highest BCUT2D eigenvalue weighted by Gasteiger charge is 2.15. The van der Waals surface area contributed by atoms with Crippen molar-refractivity contribution in [2.45, 2.75) is 0 Å². The zero-order chi connectivity index (χ0) is 17.5. The van der Waals surface area contributed by atoms with E-state index in [0.717, 1.165) is 54.1 Å². The number of hydrogen-bond donors (Lipinski definition) is 1. The lowest BCUT2D eigenvalue weighted by Crippen LogP contribution is -2.36. The van der Waals surface area contributed by atoms with Gasteiger partial charge in [0, 0.05) is 30.4 Å². The first-order valence-electron chi connectivity index (χ1n) is 8.73. The fourth-order valence-electron chi connectivity index (χ4n) is 3.52. The lowest BCUT2D eigenvalue weighted by molar-refractivity contribution is 0.122. The van der Waals surface area contributed by atoms with E-state index in [-0.39, 0.29) is 5.56 Å². The van der Waals surface area contributed by atoms with Crippen LogP contribution in [0.1, 0.15) is 0 Å². The Balaban J connectivity index is 1.72. The number of nitrogens with zero attached hydrogens (tertiary/aromatic N) is 3. The molecule has 0 spiro atoms. The number of para-hydroxylation sites is 1. The summed E-state index contributed by atoms with van der Waals surface area (Å²) in [7, 11) is 0. The van der Waals surface area contributed by atoms with Crippen LogP contribution in [-0.4, -0.2) is 41.1 Å². The second kappa shape index (κ2) is 6.00. The molecule has 0 saturated carbocycles. The predicted molar refractivity (Wildman–Crippen MR) is 102 cm³/mol. The quantitative estimate of drug-likeness (QED) is 0.606. The van der Waals surface area contributed by atoms with E-state index in [2.05, 4.69) is 27.1 Å². The van der Waals surface area contributed by atoms with E-state index in [1.54, 1.807) is 10.9 Å². The first-order valence-corrected chi connectivity index (χ1v) is 8.73. The zero-order valence-electron chi connectivity index (χ0n) is 14.2. The Morgan fingerprint density at radius 1 is 0.962 bits per heavy atom. The third-order valence-corrected chi connectivity index (χ3v) is 4.90. The maximum absolute atomic E-state index is 12.8. The number of aromatic amines is 1. The topological polar surface area (TPSA) is 63.2 Å². The van der Waals surface area contributed by atoms with E-state index in [1.165, 1.54) is 0 Å². The number of rotatable bonds is 2. The average Bonchev–Trinajstić information content (AvgIpc) is 3.06. The number of fused-ring (bicyclic) bond motifs is 3. The second-order valence-electron chi connectivity index (χ2n) is 6.44. The Bertz CT molecular complexity index is 1140. The molecule has 4 aromatic rings. The monoisotopic (exact) mass is 346 g/mol. The summed E-state index contributed by atoms with van der Waals surface area (Å²) in [6, 6.07) is 15.8. The third kappa shape index (κ3) is 2.38. The van der Waals surface area contributed by atoms with Gasteiger partial charge in [-0.1, -0.05) is 18.2 Å². The first-order chi connectivity index (χ1) is 12.8. The molecule has 1 fully saturated rings. The number of H-pyrrole nitrogens is 1. The second-order valence-corrected chi connectivity index (χ2v) is 6.44. The van der Waals surface area contributed by atoms with Gasteiger partial charge in [-0.05, 0) is 30.3 Å². The van der Waals surface area contributed by atoms with Gasteiger partial charge in [-0.15, -0.1) is 0 Å². The van der Waals surface area contributed by atoms with Crippen molar-refractivity contribution < 1.29 is 4.74 Å². The number of pyridine rings is 1. The summed E-state index contributed by atoms with van der Waals surface area (Å²) < 4.78 is 7.02. The number of nitrogens with one attached hydrogen (secondary N) is 1. The minimum atomic E-state index is -0.0858. The normalized spacial score (nSPS) is 15.0. The number of morpholine rings is 1. The van der Waals surface area contributed by atoms with Crippen molar-refractivity contribution in [3.05, 3.63) is 65.1 Å². The Kier molecular flexibility index (Phi) is 3.50. The fraction of sp³-hybridized carbons (Fsp3) is 0.200. The fourth-order valence-corrected chi connectivity index (χ4v) is 3.52. The predicted octanol–water partition coefficient (Wildman–Crippen LogP) is 2.70. The van der Waals surface area contributed by atoms with Crippen LogP contribution in [0, 0.1) is 0 Å². The van der Waals surface area contributed by atoms with E-state index in [1.807, 2.05) is 36.4 Å². The molecule has 0 bridgehead atoms. The summed E-state index contributed by atoms with van der Waals surface area (Å²) in [5, 5.41) is 4.83. The Morgan fingerprint density at radius 3 is 2.58 bits per heavy atom. The van der Waals surface area contributed by atoms with E-state index in [4.69, 9.17) is 4.74 Å². The first kappa shape index (κ1) is 15.2. The molecule has 2 aromatic carbocycles. The molecule has 5 rings (SSSR count). The summed E-state index contributed by atoms with van der Waals surface area (Å²) in [6.45, 7) is 3.22. The van der Waals surface area contributed by atoms with Gasteiger partial charge in [0.25, 0.3) is 5.56 Å². The maximum atomic E-state index is 12.8. The molecule has 26 heavy (non-hydrogen) atoms. The molecule has 130 valence electrons. The summed E-state index contributed by atoms with van der Waals surface area (Å²) >= 11 is 0. The van der Waals surface area contributed by atoms with E-state index < -0.39 is 0 Å². The van der Waals surface area contributed by atoms with Crippen molar-refractivity contribution in [3.63, 3.8) is 0 Å². The molecule has 1 saturated heterocycles. The highest BCUT2D eigenvalue weighted by atomic mass is 16.5. The number of hydrogen-bond acceptors (Lipinski definition) is 4. The van der Waals surface area contributed by atoms with Crippen LogP contribution in [0.3, 0.4) is 0 Å². The van der Waals surface area contributed by atoms with Gasteiger partial charge in [0.15, 0.2) is 0 Å². The highest BCUT2D eigenvalue weighted by molar-refractivity contribution is 6.04.